The summed E-state index contributed by atoms with van der Waals surface area (Å²) in [5.41, 5.74) is 2.86. The fourth-order valence-corrected chi connectivity index (χ4v) is 3.48. The number of nitrogens with one attached hydrogen (secondary N) is 1. The quantitative estimate of drug-likeness (QED) is 0.634. The number of nitrogens with zero attached hydrogens (tertiary/aromatic N) is 3. The van der Waals surface area contributed by atoms with Crippen molar-refractivity contribution in [1.29, 1.82) is 0 Å². The molecule has 3 N–H and O–H groups in total. The third-order valence-corrected chi connectivity index (χ3v) is 4.82. The summed E-state index contributed by atoms with van der Waals surface area (Å²) in [4.78, 5) is 1.99. The molecule has 134 valence electrons. The van der Waals surface area contributed by atoms with Gasteiger partial charge in [0.25, 0.3) is 0 Å². The van der Waals surface area contributed by atoms with E-state index in [1.807, 2.05) is 4.90 Å². The smallest absolute Gasteiger partial charge is 0.369 e. The predicted octanol–water partition coefficient (Wildman–Crippen LogP) is 3.82. The predicted molar refractivity (Wildman–Crippen MR) is 90.5 cm³/mol. The first-order valence-corrected chi connectivity index (χ1v) is 8.18. The lowest BCUT2D eigenvalue weighted by Crippen LogP contribution is -2.34. The number of alkyl halides is 3. The van der Waals surface area contributed by atoms with Crippen molar-refractivity contribution in [3.63, 3.8) is 0 Å². The molecule has 0 spiro atoms. The summed E-state index contributed by atoms with van der Waals surface area (Å²) in [6.45, 7) is 1.15. The largest absolute Gasteiger partial charge is 0.416 e. The molecule has 2 heterocycles. The Labute approximate surface area is 147 Å². The van der Waals surface area contributed by atoms with Crippen LogP contribution < -0.4 is 16.2 Å². The minimum Gasteiger partial charge on any atom is -0.369 e. The molecule has 2 aromatic rings. The zero-order valence-electron chi connectivity index (χ0n) is 13.2. The van der Waals surface area contributed by atoms with Crippen LogP contribution in [0.2, 0.25) is 5.02 Å². The second kappa shape index (κ2) is 7.05. The Kier molecular flexibility index (Phi) is 5.01. The summed E-state index contributed by atoms with van der Waals surface area (Å²) in [5.74, 6) is 5.47. The Balaban J connectivity index is 1.78. The highest BCUT2D eigenvalue weighted by atomic mass is 35.5. The molecular formula is C16H17ClF3N5. The number of benzene rings is 1. The Bertz CT molecular complexity index is 745. The van der Waals surface area contributed by atoms with Crippen molar-refractivity contribution in [2.24, 2.45) is 5.84 Å². The number of nitrogens with two attached hydrogens (primary N) is 1. The molecule has 1 fully saturated rings. The Morgan fingerprint density at radius 3 is 2.52 bits per heavy atom. The maximum Gasteiger partial charge on any atom is 0.416 e. The van der Waals surface area contributed by atoms with Gasteiger partial charge in [-0.05, 0) is 30.4 Å². The molecular weight excluding hydrogens is 355 g/mol. The van der Waals surface area contributed by atoms with E-state index in [1.165, 1.54) is 12.3 Å². The second-order valence-electron chi connectivity index (χ2n) is 5.88. The molecule has 1 aliphatic heterocycles. The maximum absolute atomic E-state index is 13.2. The van der Waals surface area contributed by atoms with E-state index in [1.54, 1.807) is 12.1 Å². The van der Waals surface area contributed by atoms with Crippen LogP contribution in [0.1, 0.15) is 29.9 Å². The van der Waals surface area contributed by atoms with E-state index in [9.17, 15) is 13.2 Å². The Hall–Kier alpha value is -2.06. The van der Waals surface area contributed by atoms with Gasteiger partial charge in [0, 0.05) is 13.1 Å². The molecule has 0 unspecified atom stereocenters. The van der Waals surface area contributed by atoms with Crippen LogP contribution in [0.15, 0.2) is 30.5 Å². The lowest BCUT2D eigenvalue weighted by Gasteiger charge is -2.35. The molecule has 3 rings (SSSR count). The minimum atomic E-state index is -4.34. The van der Waals surface area contributed by atoms with Crippen LogP contribution in [-0.2, 0) is 6.18 Å². The van der Waals surface area contributed by atoms with Gasteiger partial charge in [0.15, 0.2) is 5.82 Å². The van der Waals surface area contributed by atoms with Crippen molar-refractivity contribution < 1.29 is 13.2 Å². The monoisotopic (exact) mass is 371 g/mol. The van der Waals surface area contributed by atoms with Crippen LogP contribution in [0.25, 0.3) is 0 Å². The lowest BCUT2D eigenvalue weighted by atomic mass is 9.86. The molecule has 0 saturated carbocycles. The van der Waals surface area contributed by atoms with Crippen LogP contribution >= 0.6 is 11.6 Å². The van der Waals surface area contributed by atoms with E-state index in [0.717, 1.165) is 6.07 Å². The number of anilines is 2. The number of rotatable bonds is 3. The summed E-state index contributed by atoms with van der Waals surface area (Å²) >= 11 is 6.25. The molecule has 0 radical (unpaired) electrons. The van der Waals surface area contributed by atoms with Crippen LogP contribution in [-0.4, -0.2) is 23.3 Å². The van der Waals surface area contributed by atoms with Crippen molar-refractivity contribution in [2.45, 2.75) is 24.9 Å². The highest BCUT2D eigenvalue weighted by Gasteiger charge is 2.35. The molecule has 0 aliphatic carbocycles. The van der Waals surface area contributed by atoms with Crippen molar-refractivity contribution in [1.82, 2.24) is 10.2 Å². The van der Waals surface area contributed by atoms with Crippen LogP contribution in [0, 0.1) is 0 Å². The zero-order valence-corrected chi connectivity index (χ0v) is 14.0. The molecule has 1 saturated heterocycles. The van der Waals surface area contributed by atoms with E-state index in [4.69, 9.17) is 17.4 Å². The van der Waals surface area contributed by atoms with Crippen molar-refractivity contribution in [3.05, 3.63) is 46.6 Å². The van der Waals surface area contributed by atoms with Crippen LogP contribution in [0.3, 0.4) is 0 Å². The molecule has 1 aromatic carbocycles. The molecule has 0 amide bonds. The van der Waals surface area contributed by atoms with Crippen molar-refractivity contribution in [3.8, 4) is 0 Å². The van der Waals surface area contributed by atoms with E-state index in [2.05, 4.69) is 15.6 Å². The molecule has 9 heteroatoms. The molecule has 5 nitrogen and oxygen atoms in total. The SMILES string of the molecule is NNc1nncc(N2CCC(c3ccccc3C(F)(F)F)CC2)c1Cl. The van der Waals surface area contributed by atoms with Gasteiger partial charge < -0.3 is 10.3 Å². The second-order valence-corrected chi connectivity index (χ2v) is 6.26. The molecule has 25 heavy (non-hydrogen) atoms. The summed E-state index contributed by atoms with van der Waals surface area (Å²) < 4.78 is 39.7. The van der Waals surface area contributed by atoms with Gasteiger partial charge in [-0.3, -0.25) is 0 Å². The fraction of sp³-hybridized carbons (Fsp3) is 0.375. The average Bonchev–Trinajstić information content (AvgIpc) is 2.61. The first-order valence-electron chi connectivity index (χ1n) is 7.80. The van der Waals surface area contributed by atoms with E-state index in [0.29, 0.717) is 42.2 Å². The summed E-state index contributed by atoms with van der Waals surface area (Å²) in [5, 5.41) is 7.98. The molecule has 0 atom stereocenters. The van der Waals surface area contributed by atoms with Gasteiger partial charge in [-0.25, -0.2) is 5.84 Å². The standard InChI is InChI=1S/C16H17ClF3N5/c17-14-13(9-22-24-15(14)23-21)25-7-5-10(6-8-25)11-3-1-2-4-12(11)16(18,19)20/h1-4,9-10H,5-8,21H2,(H,23,24). The number of hydrazine groups is 1. The van der Waals surface area contributed by atoms with Crippen molar-refractivity contribution >= 4 is 23.1 Å². The first-order chi connectivity index (χ1) is 11.9. The number of halogens is 4. The van der Waals surface area contributed by atoms with Gasteiger partial charge in [0.05, 0.1) is 17.4 Å². The number of piperidine rings is 1. The number of aromatic nitrogens is 2. The third-order valence-electron chi connectivity index (χ3n) is 4.45. The van der Waals surface area contributed by atoms with E-state index < -0.39 is 11.7 Å². The molecule has 0 bridgehead atoms. The number of hydrogen-bond acceptors (Lipinski definition) is 5. The van der Waals surface area contributed by atoms with Gasteiger partial charge in [-0.15, -0.1) is 5.10 Å². The highest BCUT2D eigenvalue weighted by Crippen LogP contribution is 2.40. The zero-order chi connectivity index (χ0) is 18.0. The minimum absolute atomic E-state index is 0.144. The number of hydrogen-bond donors (Lipinski definition) is 2. The van der Waals surface area contributed by atoms with E-state index >= 15 is 0 Å². The van der Waals surface area contributed by atoms with Gasteiger partial charge in [0.2, 0.25) is 0 Å². The average molecular weight is 372 g/mol. The number of nitrogen functional groups attached to an aromatic ring is 1. The first kappa shape index (κ1) is 17.8. The van der Waals surface area contributed by atoms with Gasteiger partial charge in [0.1, 0.15) is 5.02 Å². The van der Waals surface area contributed by atoms with Gasteiger partial charge in [-0.2, -0.15) is 18.3 Å². The third kappa shape index (κ3) is 3.64. The lowest BCUT2D eigenvalue weighted by molar-refractivity contribution is -0.138. The Morgan fingerprint density at radius 1 is 1.20 bits per heavy atom. The molecule has 1 aromatic heterocycles. The van der Waals surface area contributed by atoms with Gasteiger partial charge in [-0.1, -0.05) is 29.8 Å². The van der Waals surface area contributed by atoms with Gasteiger partial charge >= 0.3 is 6.18 Å². The molecule has 1 aliphatic rings. The normalized spacial score (nSPS) is 16.1. The van der Waals surface area contributed by atoms with E-state index in [-0.39, 0.29) is 11.7 Å². The summed E-state index contributed by atoms with van der Waals surface area (Å²) in [7, 11) is 0. The van der Waals surface area contributed by atoms with Crippen LogP contribution in [0.4, 0.5) is 24.7 Å². The summed E-state index contributed by atoms with van der Waals surface area (Å²) in [6.07, 6.45) is -1.62. The maximum atomic E-state index is 13.2. The van der Waals surface area contributed by atoms with Crippen LogP contribution in [0.5, 0.6) is 0 Å². The topological polar surface area (TPSA) is 67.1 Å². The van der Waals surface area contributed by atoms with Crippen molar-refractivity contribution in [2.75, 3.05) is 23.4 Å². The summed E-state index contributed by atoms with van der Waals surface area (Å²) in [6, 6.07) is 5.79. The Morgan fingerprint density at radius 2 is 1.88 bits per heavy atom. The fourth-order valence-electron chi connectivity index (χ4n) is 3.22. The highest BCUT2D eigenvalue weighted by molar-refractivity contribution is 6.35.